The lowest BCUT2D eigenvalue weighted by Gasteiger charge is -2.36. The molecule has 0 aromatic heterocycles. The Morgan fingerprint density at radius 3 is 2.65 bits per heavy atom. The van der Waals surface area contributed by atoms with Gasteiger partial charge in [-0.1, -0.05) is 17.7 Å². The van der Waals surface area contributed by atoms with Gasteiger partial charge in [0.2, 0.25) is 0 Å². The second-order valence-electron chi connectivity index (χ2n) is 5.13. The molecule has 0 bridgehead atoms. The van der Waals surface area contributed by atoms with Crippen LogP contribution in [0.3, 0.4) is 0 Å². The quantitative estimate of drug-likeness (QED) is 0.742. The van der Waals surface area contributed by atoms with Gasteiger partial charge in [0, 0.05) is 17.3 Å². The molecule has 6 heteroatoms. The molecule has 0 atom stereocenters. The van der Waals surface area contributed by atoms with Crippen LogP contribution in [0.5, 0.6) is 0 Å². The monoisotopic (exact) mass is 296 g/mol. The summed E-state index contributed by atoms with van der Waals surface area (Å²) < 4.78 is 0. The highest BCUT2D eigenvalue weighted by Gasteiger charge is 2.35. The van der Waals surface area contributed by atoms with E-state index in [1.165, 1.54) is 0 Å². The average molecular weight is 297 g/mol. The number of benzene rings is 1. The summed E-state index contributed by atoms with van der Waals surface area (Å²) in [5.41, 5.74) is 0.356. The summed E-state index contributed by atoms with van der Waals surface area (Å²) in [6, 6.07) is 5.07. The van der Waals surface area contributed by atoms with Gasteiger partial charge in [-0.15, -0.1) is 0 Å². The minimum absolute atomic E-state index is 0.105. The normalized spacial score (nSPS) is 16.1. The molecule has 1 saturated carbocycles. The van der Waals surface area contributed by atoms with E-state index >= 15 is 0 Å². The molecule has 0 saturated heterocycles. The summed E-state index contributed by atoms with van der Waals surface area (Å²) >= 11 is 5.94. The first-order chi connectivity index (χ1) is 9.41. The zero-order valence-electron chi connectivity index (χ0n) is 11.2. The van der Waals surface area contributed by atoms with Gasteiger partial charge in [-0.2, -0.15) is 0 Å². The Labute approximate surface area is 122 Å². The predicted molar refractivity (Wildman–Crippen MR) is 76.6 cm³/mol. The largest absolute Gasteiger partial charge is 0.388 e. The molecule has 1 aromatic carbocycles. The van der Waals surface area contributed by atoms with E-state index in [1.54, 1.807) is 25.1 Å². The van der Waals surface area contributed by atoms with Gasteiger partial charge in [-0.05, 0) is 43.9 Å². The van der Waals surface area contributed by atoms with Crippen molar-refractivity contribution in [2.75, 3.05) is 11.9 Å². The smallest absolute Gasteiger partial charge is 0.313 e. The number of hydrogen-bond donors (Lipinski definition) is 3. The first kappa shape index (κ1) is 14.8. The average Bonchev–Trinajstić information content (AvgIpc) is 2.39. The maximum atomic E-state index is 11.8. The first-order valence-electron chi connectivity index (χ1n) is 6.48. The van der Waals surface area contributed by atoms with Gasteiger partial charge in [0.15, 0.2) is 0 Å². The van der Waals surface area contributed by atoms with E-state index in [0.717, 1.165) is 6.42 Å². The molecular weight excluding hydrogens is 280 g/mol. The minimum atomic E-state index is -0.845. The van der Waals surface area contributed by atoms with Gasteiger partial charge in [0.1, 0.15) is 0 Å². The number of carbonyl (C=O) groups excluding carboxylic acids is 2. The van der Waals surface area contributed by atoms with Crippen molar-refractivity contribution in [2.45, 2.75) is 31.8 Å². The fourth-order valence-corrected chi connectivity index (χ4v) is 2.18. The molecule has 1 aliphatic rings. The zero-order chi connectivity index (χ0) is 14.8. The van der Waals surface area contributed by atoms with E-state index < -0.39 is 17.4 Å². The number of amides is 2. The molecule has 0 spiro atoms. The Hall–Kier alpha value is -1.59. The van der Waals surface area contributed by atoms with Gasteiger partial charge >= 0.3 is 11.8 Å². The third-order valence-electron chi connectivity index (χ3n) is 3.58. The molecule has 1 aromatic rings. The van der Waals surface area contributed by atoms with Crippen LogP contribution in [0.1, 0.15) is 24.8 Å². The van der Waals surface area contributed by atoms with E-state index in [0.29, 0.717) is 29.1 Å². The highest BCUT2D eigenvalue weighted by molar-refractivity contribution is 6.40. The maximum absolute atomic E-state index is 11.8. The van der Waals surface area contributed by atoms with Crippen LogP contribution >= 0.6 is 11.6 Å². The summed E-state index contributed by atoms with van der Waals surface area (Å²) in [7, 11) is 0. The summed E-state index contributed by atoms with van der Waals surface area (Å²) in [6.07, 6.45) is 2.25. The van der Waals surface area contributed by atoms with Crippen molar-refractivity contribution < 1.29 is 14.7 Å². The highest BCUT2D eigenvalue weighted by Crippen LogP contribution is 2.30. The highest BCUT2D eigenvalue weighted by atomic mass is 35.5. The first-order valence-corrected chi connectivity index (χ1v) is 6.86. The minimum Gasteiger partial charge on any atom is -0.388 e. The van der Waals surface area contributed by atoms with Gasteiger partial charge in [-0.25, -0.2) is 0 Å². The summed E-state index contributed by atoms with van der Waals surface area (Å²) in [6.45, 7) is 1.86. The van der Waals surface area contributed by atoms with Crippen LogP contribution in [0.25, 0.3) is 0 Å². The second-order valence-corrected chi connectivity index (χ2v) is 5.53. The number of carbonyl (C=O) groups is 2. The van der Waals surface area contributed by atoms with E-state index in [1.807, 2.05) is 0 Å². The molecule has 0 heterocycles. The molecule has 0 unspecified atom stereocenters. The van der Waals surface area contributed by atoms with E-state index in [2.05, 4.69) is 10.6 Å². The van der Waals surface area contributed by atoms with Crippen molar-refractivity contribution >= 4 is 29.1 Å². The number of rotatable bonds is 3. The van der Waals surface area contributed by atoms with Crippen LogP contribution in [-0.2, 0) is 9.59 Å². The Morgan fingerprint density at radius 2 is 2.05 bits per heavy atom. The number of nitrogens with one attached hydrogen (secondary N) is 2. The van der Waals surface area contributed by atoms with Gasteiger partial charge in [-0.3, -0.25) is 9.59 Å². The molecule has 2 amide bonds. The maximum Gasteiger partial charge on any atom is 0.313 e. The molecular formula is C14H17ClN2O3. The molecule has 2 rings (SSSR count). The van der Waals surface area contributed by atoms with Crippen LogP contribution in [0, 0.1) is 6.92 Å². The Bertz CT molecular complexity index is 541. The van der Waals surface area contributed by atoms with Crippen molar-refractivity contribution in [3.8, 4) is 0 Å². The molecule has 20 heavy (non-hydrogen) atoms. The van der Waals surface area contributed by atoms with E-state index in [4.69, 9.17) is 11.6 Å². The number of hydrogen-bond acceptors (Lipinski definition) is 3. The zero-order valence-corrected chi connectivity index (χ0v) is 12.0. The third kappa shape index (κ3) is 3.29. The van der Waals surface area contributed by atoms with Crippen LogP contribution in [0.4, 0.5) is 5.69 Å². The van der Waals surface area contributed by atoms with Crippen molar-refractivity contribution in [2.24, 2.45) is 0 Å². The number of halogens is 1. The third-order valence-corrected chi connectivity index (χ3v) is 3.99. The van der Waals surface area contributed by atoms with E-state index in [-0.39, 0.29) is 6.54 Å². The summed E-state index contributed by atoms with van der Waals surface area (Å²) in [5.74, 6) is -1.53. The van der Waals surface area contributed by atoms with Crippen molar-refractivity contribution in [3.63, 3.8) is 0 Å². The lowest BCUT2D eigenvalue weighted by atomic mass is 9.80. The fraction of sp³-hybridized carbons (Fsp3) is 0.429. The molecule has 108 valence electrons. The second kappa shape index (κ2) is 5.81. The number of aliphatic hydroxyl groups is 1. The van der Waals surface area contributed by atoms with Crippen molar-refractivity contribution in [1.29, 1.82) is 0 Å². The SMILES string of the molecule is Cc1c(Cl)cccc1NC(=O)C(=O)NCC1(O)CCC1. The van der Waals surface area contributed by atoms with Crippen molar-refractivity contribution in [3.05, 3.63) is 28.8 Å². The van der Waals surface area contributed by atoms with Gasteiger partial charge in [0.25, 0.3) is 0 Å². The molecule has 1 aliphatic carbocycles. The van der Waals surface area contributed by atoms with Crippen LogP contribution < -0.4 is 10.6 Å². The summed E-state index contributed by atoms with van der Waals surface area (Å²) in [4.78, 5) is 23.4. The molecule has 0 radical (unpaired) electrons. The lowest BCUT2D eigenvalue weighted by Crippen LogP contribution is -2.49. The standard InChI is InChI=1S/C14H17ClN2O3/c1-9-10(15)4-2-5-11(9)17-13(19)12(18)16-8-14(20)6-3-7-14/h2,4-5,20H,3,6-8H2,1H3,(H,16,18)(H,17,19). The van der Waals surface area contributed by atoms with Crippen LogP contribution in [0.15, 0.2) is 18.2 Å². The Morgan fingerprint density at radius 1 is 1.35 bits per heavy atom. The molecule has 3 N–H and O–H groups in total. The van der Waals surface area contributed by atoms with Gasteiger partial charge in [0.05, 0.1) is 5.60 Å². The molecule has 5 nitrogen and oxygen atoms in total. The fourth-order valence-electron chi connectivity index (χ4n) is 2.01. The van der Waals surface area contributed by atoms with E-state index in [9.17, 15) is 14.7 Å². The molecule has 1 fully saturated rings. The Kier molecular flexibility index (Phi) is 4.30. The van der Waals surface area contributed by atoms with Crippen LogP contribution in [0.2, 0.25) is 5.02 Å². The predicted octanol–water partition coefficient (Wildman–Crippen LogP) is 1.62. The topological polar surface area (TPSA) is 78.4 Å². The van der Waals surface area contributed by atoms with Crippen molar-refractivity contribution in [1.82, 2.24) is 5.32 Å². The Balaban J connectivity index is 1.90. The summed E-state index contributed by atoms with van der Waals surface area (Å²) in [5, 5.41) is 15.3. The molecule has 0 aliphatic heterocycles. The number of anilines is 1. The van der Waals surface area contributed by atoms with Gasteiger partial charge < -0.3 is 15.7 Å². The van der Waals surface area contributed by atoms with Crippen LogP contribution in [-0.4, -0.2) is 29.1 Å². The lowest BCUT2D eigenvalue weighted by molar-refractivity contribution is -0.137.